The summed E-state index contributed by atoms with van der Waals surface area (Å²) < 4.78 is 0. The Hall–Kier alpha value is -2.70. The molecule has 138 valence electrons. The van der Waals surface area contributed by atoms with Crippen LogP contribution in [0.1, 0.15) is 39.9 Å². The van der Waals surface area contributed by atoms with E-state index in [2.05, 4.69) is 10.5 Å². The Bertz CT molecular complexity index is 769. The molecule has 7 nitrogen and oxygen atoms in total. The van der Waals surface area contributed by atoms with E-state index < -0.39 is 0 Å². The fraction of sp³-hybridized carbons (Fsp3) is 0.474. The summed E-state index contributed by atoms with van der Waals surface area (Å²) in [5.74, 6) is -0.296. The zero-order valence-corrected chi connectivity index (χ0v) is 15.5. The van der Waals surface area contributed by atoms with Gasteiger partial charge in [0.15, 0.2) is 0 Å². The highest BCUT2D eigenvalue weighted by Crippen LogP contribution is 2.19. The minimum atomic E-state index is -0.166. The summed E-state index contributed by atoms with van der Waals surface area (Å²) in [5.41, 5.74) is 6.61. The normalized spacial score (nSPS) is 17.7. The molecule has 0 saturated carbocycles. The highest BCUT2D eigenvalue weighted by Gasteiger charge is 2.29. The van der Waals surface area contributed by atoms with E-state index in [1.165, 1.54) is 0 Å². The SMILES string of the molecule is Cc1cc(C)c(C(=O)N2CCN(C(=O)C3=NNC(=O)CC3)CC2)c(C)c1. The Morgan fingerprint density at radius 1 is 0.923 bits per heavy atom. The number of hydrogen-bond donors (Lipinski definition) is 1. The van der Waals surface area contributed by atoms with E-state index in [1.807, 2.05) is 32.9 Å². The van der Waals surface area contributed by atoms with Crippen molar-refractivity contribution in [2.45, 2.75) is 33.6 Å². The van der Waals surface area contributed by atoms with Crippen molar-refractivity contribution in [1.82, 2.24) is 15.2 Å². The monoisotopic (exact) mass is 356 g/mol. The molecule has 2 aliphatic heterocycles. The minimum Gasteiger partial charge on any atom is -0.335 e. The molecule has 7 heteroatoms. The number of nitrogens with zero attached hydrogens (tertiary/aromatic N) is 3. The summed E-state index contributed by atoms with van der Waals surface area (Å²) in [6.07, 6.45) is 0.653. The van der Waals surface area contributed by atoms with Crippen LogP contribution >= 0.6 is 0 Å². The average Bonchev–Trinajstić information content (AvgIpc) is 2.61. The number of nitrogens with one attached hydrogen (secondary N) is 1. The van der Waals surface area contributed by atoms with E-state index in [0.29, 0.717) is 38.3 Å². The summed E-state index contributed by atoms with van der Waals surface area (Å²) in [4.78, 5) is 40.1. The van der Waals surface area contributed by atoms with Crippen molar-refractivity contribution >= 4 is 23.4 Å². The number of rotatable bonds is 2. The molecule has 0 aromatic heterocycles. The second-order valence-electron chi connectivity index (χ2n) is 6.95. The number of hydrazone groups is 1. The molecule has 0 unspecified atom stereocenters. The molecule has 2 aliphatic rings. The Morgan fingerprint density at radius 3 is 1.96 bits per heavy atom. The van der Waals surface area contributed by atoms with Crippen molar-refractivity contribution in [1.29, 1.82) is 0 Å². The van der Waals surface area contributed by atoms with Crippen molar-refractivity contribution in [3.8, 4) is 0 Å². The van der Waals surface area contributed by atoms with Crippen LogP contribution in [0, 0.1) is 20.8 Å². The summed E-state index contributed by atoms with van der Waals surface area (Å²) in [7, 11) is 0. The van der Waals surface area contributed by atoms with Gasteiger partial charge in [-0.15, -0.1) is 0 Å². The molecule has 0 atom stereocenters. The topological polar surface area (TPSA) is 82.1 Å². The van der Waals surface area contributed by atoms with Crippen molar-refractivity contribution in [3.63, 3.8) is 0 Å². The van der Waals surface area contributed by atoms with Gasteiger partial charge in [0.05, 0.1) is 0 Å². The van der Waals surface area contributed by atoms with Gasteiger partial charge >= 0.3 is 0 Å². The third-order valence-corrected chi connectivity index (χ3v) is 4.90. The van der Waals surface area contributed by atoms with Gasteiger partial charge in [-0.25, -0.2) is 5.43 Å². The first-order valence-corrected chi connectivity index (χ1v) is 8.88. The van der Waals surface area contributed by atoms with E-state index in [9.17, 15) is 14.4 Å². The van der Waals surface area contributed by atoms with Crippen LogP contribution in [-0.4, -0.2) is 59.4 Å². The fourth-order valence-corrected chi connectivity index (χ4v) is 3.60. The van der Waals surface area contributed by atoms with Crippen molar-refractivity contribution < 1.29 is 14.4 Å². The third-order valence-electron chi connectivity index (χ3n) is 4.90. The third kappa shape index (κ3) is 3.61. The highest BCUT2D eigenvalue weighted by atomic mass is 16.2. The lowest BCUT2D eigenvalue weighted by Crippen LogP contribution is -2.52. The number of aryl methyl sites for hydroxylation is 3. The summed E-state index contributed by atoms with van der Waals surface area (Å²) >= 11 is 0. The second kappa shape index (κ2) is 7.27. The van der Waals surface area contributed by atoms with Crippen LogP contribution in [0.3, 0.4) is 0 Å². The number of carbonyl (C=O) groups excluding carboxylic acids is 3. The van der Waals surface area contributed by atoms with Crippen LogP contribution in [0.2, 0.25) is 0 Å². The van der Waals surface area contributed by atoms with E-state index in [0.717, 1.165) is 22.3 Å². The van der Waals surface area contributed by atoms with Crippen LogP contribution in [0.4, 0.5) is 0 Å². The van der Waals surface area contributed by atoms with Gasteiger partial charge in [-0.2, -0.15) is 5.10 Å². The summed E-state index contributed by atoms with van der Waals surface area (Å²) in [5, 5.41) is 3.86. The number of piperazine rings is 1. The molecule has 0 spiro atoms. The first kappa shape index (κ1) is 18.1. The molecule has 1 aromatic rings. The van der Waals surface area contributed by atoms with E-state index in [-0.39, 0.29) is 24.1 Å². The molecular weight excluding hydrogens is 332 g/mol. The Labute approximate surface area is 153 Å². The Balaban J connectivity index is 1.64. The first-order valence-electron chi connectivity index (χ1n) is 8.88. The molecular formula is C19H24N4O3. The molecule has 1 aromatic carbocycles. The lowest BCUT2D eigenvalue weighted by Gasteiger charge is -2.35. The van der Waals surface area contributed by atoms with Crippen LogP contribution in [0.15, 0.2) is 17.2 Å². The van der Waals surface area contributed by atoms with Gasteiger partial charge in [0, 0.05) is 44.6 Å². The maximum absolute atomic E-state index is 12.9. The number of carbonyl (C=O) groups is 3. The number of amides is 3. The van der Waals surface area contributed by atoms with Crippen molar-refractivity contribution in [2.24, 2.45) is 5.10 Å². The predicted octanol–water partition coefficient (Wildman–Crippen LogP) is 1.16. The molecule has 1 saturated heterocycles. The van der Waals surface area contributed by atoms with Crippen LogP contribution in [0.5, 0.6) is 0 Å². The minimum absolute atomic E-state index is 0.0226. The van der Waals surface area contributed by atoms with Gasteiger partial charge in [0.1, 0.15) is 5.71 Å². The maximum atomic E-state index is 12.9. The van der Waals surface area contributed by atoms with Crippen LogP contribution in [-0.2, 0) is 9.59 Å². The molecule has 26 heavy (non-hydrogen) atoms. The van der Waals surface area contributed by atoms with Crippen molar-refractivity contribution in [3.05, 3.63) is 34.4 Å². The van der Waals surface area contributed by atoms with Gasteiger partial charge < -0.3 is 9.80 Å². The molecule has 1 fully saturated rings. The van der Waals surface area contributed by atoms with E-state index in [1.54, 1.807) is 9.80 Å². The Kier molecular flexibility index (Phi) is 5.06. The molecule has 2 heterocycles. The number of benzene rings is 1. The average molecular weight is 356 g/mol. The molecule has 3 amide bonds. The fourth-order valence-electron chi connectivity index (χ4n) is 3.60. The van der Waals surface area contributed by atoms with Gasteiger partial charge in [-0.3, -0.25) is 14.4 Å². The van der Waals surface area contributed by atoms with Gasteiger partial charge in [-0.05, 0) is 31.9 Å². The smallest absolute Gasteiger partial charge is 0.270 e. The van der Waals surface area contributed by atoms with E-state index >= 15 is 0 Å². The van der Waals surface area contributed by atoms with Gasteiger partial charge in [0.2, 0.25) is 5.91 Å². The molecule has 0 bridgehead atoms. The van der Waals surface area contributed by atoms with Crippen molar-refractivity contribution in [2.75, 3.05) is 26.2 Å². The lowest BCUT2D eigenvalue weighted by atomic mass is 9.98. The molecule has 0 aliphatic carbocycles. The lowest BCUT2D eigenvalue weighted by molar-refractivity contribution is -0.126. The number of hydrogen-bond acceptors (Lipinski definition) is 4. The maximum Gasteiger partial charge on any atom is 0.270 e. The highest BCUT2D eigenvalue weighted by molar-refractivity contribution is 6.39. The molecule has 1 N–H and O–H groups in total. The van der Waals surface area contributed by atoms with Crippen LogP contribution in [0.25, 0.3) is 0 Å². The Morgan fingerprint density at radius 2 is 1.46 bits per heavy atom. The zero-order chi connectivity index (χ0) is 18.8. The quantitative estimate of drug-likeness (QED) is 0.863. The first-order chi connectivity index (χ1) is 12.4. The van der Waals surface area contributed by atoms with Crippen LogP contribution < -0.4 is 5.43 Å². The molecule has 3 rings (SSSR count). The standard InChI is InChI=1S/C19H24N4O3/c1-12-10-13(2)17(14(3)11-12)19(26)23-8-6-22(7-9-23)18(25)15-4-5-16(24)21-20-15/h10-11H,4-9H2,1-3H3,(H,21,24). The molecule has 0 radical (unpaired) electrons. The summed E-state index contributed by atoms with van der Waals surface area (Å²) in [6, 6.07) is 4.05. The predicted molar refractivity (Wildman–Crippen MR) is 97.9 cm³/mol. The summed E-state index contributed by atoms with van der Waals surface area (Å²) in [6.45, 7) is 7.89. The second-order valence-corrected chi connectivity index (χ2v) is 6.95. The van der Waals surface area contributed by atoms with Gasteiger partial charge in [-0.1, -0.05) is 17.7 Å². The van der Waals surface area contributed by atoms with Gasteiger partial charge in [0.25, 0.3) is 11.8 Å². The van der Waals surface area contributed by atoms with E-state index in [4.69, 9.17) is 0 Å². The largest absolute Gasteiger partial charge is 0.335 e. The zero-order valence-electron chi connectivity index (χ0n) is 15.5.